The van der Waals surface area contributed by atoms with Crippen LogP contribution in [0.25, 0.3) is 0 Å². The fourth-order valence-electron chi connectivity index (χ4n) is 1.56. The summed E-state index contributed by atoms with van der Waals surface area (Å²) in [6.45, 7) is 6.85. The average molecular weight is 273 g/mol. The molecule has 0 aliphatic rings. The number of aliphatic hydroxyl groups is 2. The number of hydrogen-bond donors (Lipinski definition) is 2. The van der Waals surface area contributed by atoms with Crippen molar-refractivity contribution in [2.45, 2.75) is 38.9 Å². The lowest BCUT2D eigenvalue weighted by Crippen LogP contribution is -2.25. The summed E-state index contributed by atoms with van der Waals surface area (Å²) in [4.78, 5) is 0. The highest BCUT2D eigenvalue weighted by Gasteiger charge is 2.27. The van der Waals surface area contributed by atoms with Gasteiger partial charge in [-0.25, -0.2) is 0 Å². The first kappa shape index (κ1) is 12.7. The van der Waals surface area contributed by atoms with E-state index in [1.165, 1.54) is 0 Å². The van der Waals surface area contributed by atoms with E-state index < -0.39 is 11.2 Å². The molecule has 0 bridgehead atoms. The Kier molecular flexibility index (Phi) is 3.29. The quantitative estimate of drug-likeness (QED) is 0.869. The maximum atomic E-state index is 10.0. The second-order valence-electron chi connectivity index (χ2n) is 4.81. The van der Waals surface area contributed by atoms with Gasteiger partial charge in [-0.3, -0.25) is 0 Å². The SMILES string of the molecule is CC(C)(O)c1ccc(Br)cc1C(C)(C)O. The van der Waals surface area contributed by atoms with E-state index in [1.54, 1.807) is 27.7 Å². The minimum absolute atomic E-state index is 0.740. The molecule has 0 fully saturated rings. The largest absolute Gasteiger partial charge is 0.386 e. The third kappa shape index (κ3) is 3.03. The number of benzene rings is 1. The minimum Gasteiger partial charge on any atom is -0.386 e. The van der Waals surface area contributed by atoms with Crippen LogP contribution < -0.4 is 0 Å². The van der Waals surface area contributed by atoms with Gasteiger partial charge in [-0.1, -0.05) is 22.0 Å². The predicted molar refractivity (Wildman–Crippen MR) is 64.6 cm³/mol. The first-order chi connectivity index (χ1) is 6.62. The molecule has 0 aliphatic carbocycles. The van der Waals surface area contributed by atoms with Crippen LogP contribution in [0.3, 0.4) is 0 Å². The van der Waals surface area contributed by atoms with Crippen LogP contribution >= 0.6 is 15.9 Å². The summed E-state index contributed by atoms with van der Waals surface area (Å²) in [5.74, 6) is 0. The molecule has 1 aromatic rings. The first-order valence-corrected chi connectivity index (χ1v) is 5.67. The van der Waals surface area contributed by atoms with E-state index in [2.05, 4.69) is 15.9 Å². The summed E-state index contributed by atoms with van der Waals surface area (Å²) in [5.41, 5.74) is -0.419. The third-order valence-corrected chi connectivity index (χ3v) is 2.79. The van der Waals surface area contributed by atoms with Gasteiger partial charge in [0.15, 0.2) is 0 Å². The van der Waals surface area contributed by atoms with Crippen molar-refractivity contribution in [1.29, 1.82) is 0 Å². The Morgan fingerprint density at radius 1 is 0.933 bits per heavy atom. The van der Waals surface area contributed by atoms with Gasteiger partial charge < -0.3 is 10.2 Å². The Morgan fingerprint density at radius 2 is 1.40 bits per heavy atom. The smallest absolute Gasteiger partial charge is 0.0844 e. The number of rotatable bonds is 2. The molecule has 0 radical (unpaired) electrons. The van der Waals surface area contributed by atoms with E-state index in [0.717, 1.165) is 15.6 Å². The highest BCUT2D eigenvalue weighted by Crippen LogP contribution is 2.33. The molecule has 1 aromatic carbocycles. The van der Waals surface area contributed by atoms with Gasteiger partial charge in [0.1, 0.15) is 0 Å². The van der Waals surface area contributed by atoms with Gasteiger partial charge in [-0.05, 0) is 51.0 Å². The van der Waals surface area contributed by atoms with Crippen molar-refractivity contribution in [3.05, 3.63) is 33.8 Å². The summed E-state index contributed by atoms with van der Waals surface area (Å²) >= 11 is 3.36. The van der Waals surface area contributed by atoms with Crippen LogP contribution in [-0.2, 0) is 11.2 Å². The third-order valence-electron chi connectivity index (χ3n) is 2.30. The number of halogens is 1. The fourth-order valence-corrected chi connectivity index (χ4v) is 1.92. The zero-order valence-corrected chi connectivity index (χ0v) is 11.1. The van der Waals surface area contributed by atoms with Crippen LogP contribution in [0.15, 0.2) is 22.7 Å². The lowest BCUT2D eigenvalue weighted by Gasteiger charge is -2.28. The van der Waals surface area contributed by atoms with Gasteiger partial charge in [0.25, 0.3) is 0 Å². The van der Waals surface area contributed by atoms with Crippen molar-refractivity contribution in [1.82, 2.24) is 0 Å². The molecule has 3 heteroatoms. The zero-order valence-electron chi connectivity index (χ0n) is 9.50. The second-order valence-corrected chi connectivity index (χ2v) is 5.72. The lowest BCUT2D eigenvalue weighted by atomic mass is 9.86. The molecule has 0 saturated heterocycles. The van der Waals surface area contributed by atoms with E-state index in [-0.39, 0.29) is 0 Å². The molecule has 0 amide bonds. The van der Waals surface area contributed by atoms with Crippen LogP contribution in [0.1, 0.15) is 38.8 Å². The monoisotopic (exact) mass is 272 g/mol. The van der Waals surface area contributed by atoms with Crippen LogP contribution in [-0.4, -0.2) is 10.2 Å². The van der Waals surface area contributed by atoms with Crippen molar-refractivity contribution in [3.63, 3.8) is 0 Å². The van der Waals surface area contributed by atoms with Crippen molar-refractivity contribution in [3.8, 4) is 0 Å². The molecule has 84 valence electrons. The van der Waals surface area contributed by atoms with Crippen molar-refractivity contribution in [2.75, 3.05) is 0 Å². The Hall–Kier alpha value is -0.380. The standard InChI is InChI=1S/C12H17BrO2/c1-11(2,14)9-6-5-8(13)7-10(9)12(3,4)15/h5-7,14-15H,1-4H3. The predicted octanol–water partition coefficient (Wildman–Crippen LogP) is 2.90. The van der Waals surface area contributed by atoms with Crippen LogP contribution in [0.2, 0.25) is 0 Å². The first-order valence-electron chi connectivity index (χ1n) is 4.87. The summed E-state index contributed by atoms with van der Waals surface area (Å²) in [5, 5.41) is 20.0. The van der Waals surface area contributed by atoms with Crippen molar-refractivity contribution in [2.24, 2.45) is 0 Å². The zero-order chi connectivity index (χ0) is 11.9. The highest BCUT2D eigenvalue weighted by molar-refractivity contribution is 9.10. The second kappa shape index (κ2) is 3.89. The van der Waals surface area contributed by atoms with E-state index >= 15 is 0 Å². The molecule has 1 rings (SSSR count). The molecule has 0 aliphatic heterocycles. The molecule has 0 atom stereocenters. The van der Waals surface area contributed by atoms with Gasteiger partial charge >= 0.3 is 0 Å². The highest BCUT2D eigenvalue weighted by atomic mass is 79.9. The van der Waals surface area contributed by atoms with E-state index in [4.69, 9.17) is 0 Å². The van der Waals surface area contributed by atoms with Gasteiger partial charge in [0, 0.05) is 4.47 Å². The maximum absolute atomic E-state index is 10.0. The van der Waals surface area contributed by atoms with Gasteiger partial charge in [0.05, 0.1) is 11.2 Å². The summed E-state index contributed by atoms with van der Waals surface area (Å²) in [6.07, 6.45) is 0. The summed E-state index contributed by atoms with van der Waals surface area (Å²) < 4.78 is 0.896. The molecular formula is C12H17BrO2. The van der Waals surface area contributed by atoms with Crippen molar-refractivity contribution < 1.29 is 10.2 Å². The molecule has 0 saturated carbocycles. The molecule has 2 nitrogen and oxygen atoms in total. The van der Waals surface area contributed by atoms with Gasteiger partial charge in [-0.15, -0.1) is 0 Å². The van der Waals surface area contributed by atoms with Crippen molar-refractivity contribution >= 4 is 15.9 Å². The molecule has 0 heterocycles. The minimum atomic E-state index is -0.959. The molecule has 0 aromatic heterocycles. The lowest BCUT2D eigenvalue weighted by molar-refractivity contribution is 0.0523. The Labute approximate surface area is 99.1 Å². The normalized spacial score (nSPS) is 13.0. The van der Waals surface area contributed by atoms with Crippen LogP contribution in [0.5, 0.6) is 0 Å². The molecule has 15 heavy (non-hydrogen) atoms. The maximum Gasteiger partial charge on any atom is 0.0844 e. The summed E-state index contributed by atoms with van der Waals surface area (Å²) in [7, 11) is 0. The molecular weight excluding hydrogens is 256 g/mol. The average Bonchev–Trinajstić information content (AvgIpc) is 2.00. The van der Waals surface area contributed by atoms with E-state index in [1.807, 2.05) is 18.2 Å². The topological polar surface area (TPSA) is 40.5 Å². The molecule has 2 N–H and O–H groups in total. The Bertz CT molecular complexity index is 359. The molecule has 0 unspecified atom stereocenters. The summed E-state index contributed by atoms with van der Waals surface area (Å²) in [6, 6.07) is 5.53. The van der Waals surface area contributed by atoms with Crippen LogP contribution in [0, 0.1) is 0 Å². The Morgan fingerprint density at radius 3 is 1.80 bits per heavy atom. The fraction of sp³-hybridized carbons (Fsp3) is 0.500. The Balaban J connectivity index is 3.41. The number of hydrogen-bond acceptors (Lipinski definition) is 2. The van der Waals surface area contributed by atoms with E-state index in [9.17, 15) is 10.2 Å². The van der Waals surface area contributed by atoms with Gasteiger partial charge in [0.2, 0.25) is 0 Å². The molecule has 0 spiro atoms. The van der Waals surface area contributed by atoms with Crippen LogP contribution in [0.4, 0.5) is 0 Å². The van der Waals surface area contributed by atoms with Gasteiger partial charge in [-0.2, -0.15) is 0 Å². The van der Waals surface area contributed by atoms with E-state index in [0.29, 0.717) is 0 Å².